The monoisotopic (exact) mass is 178 g/mol. The van der Waals surface area contributed by atoms with E-state index in [2.05, 4.69) is 0 Å². The van der Waals surface area contributed by atoms with Crippen molar-refractivity contribution in [3.05, 3.63) is 0 Å². The van der Waals surface area contributed by atoms with Crippen LogP contribution in [0.4, 0.5) is 0 Å². The highest BCUT2D eigenvalue weighted by Gasteiger charge is 2.40. The highest BCUT2D eigenvalue weighted by molar-refractivity contribution is 5.75. The number of hydrogen-bond donors (Lipinski definition) is 4. The van der Waals surface area contributed by atoms with Crippen LogP contribution in [0.15, 0.2) is 0 Å². The molecule has 0 spiro atoms. The Balaban J connectivity index is 4.06. The van der Waals surface area contributed by atoms with Crippen LogP contribution in [-0.2, 0) is 4.79 Å². The van der Waals surface area contributed by atoms with E-state index in [0.29, 0.717) is 6.42 Å². The molecule has 0 aromatic heterocycles. The largest absolute Gasteiger partial charge is 0.477 e. The van der Waals surface area contributed by atoms with Crippen molar-refractivity contribution >= 4 is 5.97 Å². The van der Waals surface area contributed by atoms with E-state index in [1.54, 1.807) is 0 Å². The molecule has 72 valence electrons. The average molecular weight is 178 g/mol. The van der Waals surface area contributed by atoms with Gasteiger partial charge in [0.05, 0.1) is 0 Å². The fourth-order valence-corrected chi connectivity index (χ4v) is 0.741. The predicted molar refractivity (Wildman–Crippen MR) is 40.3 cm³/mol. The third-order valence-electron chi connectivity index (χ3n) is 1.61. The average Bonchev–Trinajstić information content (AvgIpc) is 1.99. The standard InChI is InChI=1S/C7H14O5/c1-2-3-4-5(8)7(11,12)6(9)10/h5,8,11-12H,2-4H2,1H3,(H,9,10). The quantitative estimate of drug-likeness (QED) is 0.417. The predicted octanol–water partition coefficient (Wildman–Crippen LogP) is -0.697. The molecule has 0 aromatic rings. The third-order valence-corrected chi connectivity index (χ3v) is 1.61. The van der Waals surface area contributed by atoms with Gasteiger partial charge in [-0.15, -0.1) is 0 Å². The minimum absolute atomic E-state index is 0.0653. The number of hydrogen-bond acceptors (Lipinski definition) is 4. The van der Waals surface area contributed by atoms with Crippen LogP contribution in [0, 0.1) is 0 Å². The maximum absolute atomic E-state index is 10.2. The summed E-state index contributed by atoms with van der Waals surface area (Å²) in [5.41, 5.74) is 0. The summed E-state index contributed by atoms with van der Waals surface area (Å²) in [6, 6.07) is 0. The fraction of sp³-hybridized carbons (Fsp3) is 0.857. The molecule has 0 saturated heterocycles. The molecule has 4 N–H and O–H groups in total. The van der Waals surface area contributed by atoms with Crippen molar-refractivity contribution in [2.45, 2.75) is 38.1 Å². The molecule has 0 aliphatic heterocycles. The normalized spacial score (nSPS) is 14.3. The fourth-order valence-electron chi connectivity index (χ4n) is 0.741. The van der Waals surface area contributed by atoms with Crippen LogP contribution in [-0.4, -0.2) is 38.3 Å². The Bertz CT molecular complexity index is 154. The number of unbranched alkanes of at least 4 members (excludes halogenated alkanes) is 1. The second-order valence-corrected chi connectivity index (χ2v) is 2.69. The van der Waals surface area contributed by atoms with E-state index in [0.717, 1.165) is 6.42 Å². The topological polar surface area (TPSA) is 98.0 Å². The molecule has 0 saturated carbocycles. The number of carboxylic acid groups (broad SMARTS) is 1. The molecule has 0 heterocycles. The molecule has 0 fully saturated rings. The summed E-state index contributed by atoms with van der Waals surface area (Å²) in [5.74, 6) is -4.85. The lowest BCUT2D eigenvalue weighted by molar-refractivity contribution is -0.237. The van der Waals surface area contributed by atoms with Gasteiger partial charge in [-0.2, -0.15) is 0 Å². The number of carboxylic acids is 1. The van der Waals surface area contributed by atoms with Crippen LogP contribution in [0.1, 0.15) is 26.2 Å². The van der Waals surface area contributed by atoms with E-state index in [9.17, 15) is 4.79 Å². The van der Waals surface area contributed by atoms with Gasteiger partial charge in [0, 0.05) is 0 Å². The maximum atomic E-state index is 10.2. The Hall–Kier alpha value is -0.650. The van der Waals surface area contributed by atoms with Gasteiger partial charge in [-0.05, 0) is 6.42 Å². The summed E-state index contributed by atoms with van der Waals surface area (Å²) in [6.07, 6.45) is -0.255. The van der Waals surface area contributed by atoms with Gasteiger partial charge >= 0.3 is 5.97 Å². The number of aliphatic carboxylic acids is 1. The van der Waals surface area contributed by atoms with Crippen molar-refractivity contribution in [3.63, 3.8) is 0 Å². The summed E-state index contributed by atoms with van der Waals surface area (Å²) in [5, 5.41) is 34.8. The summed E-state index contributed by atoms with van der Waals surface area (Å²) < 4.78 is 0. The van der Waals surface area contributed by atoms with Crippen LogP contribution >= 0.6 is 0 Å². The summed E-state index contributed by atoms with van der Waals surface area (Å²) in [4.78, 5) is 10.2. The zero-order valence-corrected chi connectivity index (χ0v) is 6.90. The molecule has 0 aliphatic rings. The Kier molecular flexibility index (Phi) is 4.16. The van der Waals surface area contributed by atoms with Gasteiger partial charge in [-0.1, -0.05) is 19.8 Å². The van der Waals surface area contributed by atoms with Gasteiger partial charge in [-0.3, -0.25) is 0 Å². The Morgan fingerprint density at radius 1 is 1.50 bits per heavy atom. The highest BCUT2D eigenvalue weighted by atomic mass is 16.6. The number of aliphatic hydroxyl groups is 3. The van der Waals surface area contributed by atoms with Crippen LogP contribution < -0.4 is 0 Å². The number of rotatable bonds is 5. The molecule has 1 unspecified atom stereocenters. The first-order chi connectivity index (χ1) is 5.42. The molecular weight excluding hydrogens is 164 g/mol. The van der Waals surface area contributed by atoms with Crippen molar-refractivity contribution in [1.29, 1.82) is 0 Å². The zero-order valence-electron chi connectivity index (χ0n) is 6.90. The van der Waals surface area contributed by atoms with Gasteiger partial charge in [0.15, 0.2) is 0 Å². The van der Waals surface area contributed by atoms with E-state index >= 15 is 0 Å². The van der Waals surface area contributed by atoms with Gasteiger partial charge in [0.25, 0.3) is 5.79 Å². The summed E-state index contributed by atoms with van der Waals surface area (Å²) in [6.45, 7) is 1.85. The lowest BCUT2D eigenvalue weighted by Crippen LogP contribution is -2.49. The molecule has 0 aliphatic carbocycles. The van der Waals surface area contributed by atoms with Crippen molar-refractivity contribution in [2.75, 3.05) is 0 Å². The third kappa shape index (κ3) is 2.77. The van der Waals surface area contributed by atoms with Gasteiger partial charge in [0.2, 0.25) is 0 Å². The summed E-state index contributed by atoms with van der Waals surface area (Å²) in [7, 11) is 0. The van der Waals surface area contributed by atoms with E-state index in [1.807, 2.05) is 6.92 Å². The number of aliphatic hydroxyl groups excluding tert-OH is 1. The molecular formula is C7H14O5. The lowest BCUT2D eigenvalue weighted by atomic mass is 10.0. The Morgan fingerprint density at radius 2 is 2.00 bits per heavy atom. The van der Waals surface area contributed by atoms with Crippen LogP contribution in [0.5, 0.6) is 0 Å². The second-order valence-electron chi connectivity index (χ2n) is 2.69. The van der Waals surface area contributed by atoms with Crippen LogP contribution in [0.3, 0.4) is 0 Å². The molecule has 0 bridgehead atoms. The minimum Gasteiger partial charge on any atom is -0.477 e. The smallest absolute Gasteiger partial charge is 0.366 e. The molecule has 1 atom stereocenters. The van der Waals surface area contributed by atoms with Crippen molar-refractivity contribution in [2.24, 2.45) is 0 Å². The van der Waals surface area contributed by atoms with Gasteiger partial charge < -0.3 is 20.4 Å². The van der Waals surface area contributed by atoms with Gasteiger partial charge in [-0.25, -0.2) is 4.79 Å². The Labute approximate surface area is 70.3 Å². The first kappa shape index (κ1) is 11.4. The first-order valence-corrected chi connectivity index (χ1v) is 3.79. The highest BCUT2D eigenvalue weighted by Crippen LogP contribution is 2.13. The van der Waals surface area contributed by atoms with Crippen molar-refractivity contribution < 1.29 is 25.2 Å². The molecule has 5 heteroatoms. The molecule has 12 heavy (non-hydrogen) atoms. The zero-order chi connectivity index (χ0) is 9.78. The second kappa shape index (κ2) is 4.39. The van der Waals surface area contributed by atoms with Crippen LogP contribution in [0.2, 0.25) is 0 Å². The minimum atomic E-state index is -3.02. The van der Waals surface area contributed by atoms with Crippen LogP contribution in [0.25, 0.3) is 0 Å². The van der Waals surface area contributed by atoms with Crippen molar-refractivity contribution in [3.8, 4) is 0 Å². The van der Waals surface area contributed by atoms with E-state index < -0.39 is 17.9 Å². The van der Waals surface area contributed by atoms with E-state index in [-0.39, 0.29) is 6.42 Å². The number of carbonyl (C=O) groups is 1. The van der Waals surface area contributed by atoms with E-state index in [4.69, 9.17) is 20.4 Å². The lowest BCUT2D eigenvalue weighted by Gasteiger charge is -2.22. The molecule has 0 amide bonds. The van der Waals surface area contributed by atoms with E-state index in [1.165, 1.54) is 0 Å². The maximum Gasteiger partial charge on any atom is 0.366 e. The molecule has 0 rings (SSSR count). The molecule has 0 radical (unpaired) electrons. The molecule has 0 aromatic carbocycles. The van der Waals surface area contributed by atoms with Crippen molar-refractivity contribution in [1.82, 2.24) is 0 Å². The first-order valence-electron chi connectivity index (χ1n) is 3.79. The van der Waals surface area contributed by atoms with Gasteiger partial charge in [0.1, 0.15) is 6.10 Å². The summed E-state index contributed by atoms with van der Waals surface area (Å²) >= 11 is 0. The SMILES string of the molecule is CCCCC(O)C(O)(O)C(=O)O. The Morgan fingerprint density at radius 3 is 2.33 bits per heavy atom. The molecule has 5 nitrogen and oxygen atoms in total.